The minimum atomic E-state index is -0.608. The van der Waals surface area contributed by atoms with Gasteiger partial charge in [-0.05, 0) is 85.5 Å². The van der Waals surface area contributed by atoms with Gasteiger partial charge in [-0.15, -0.1) is 0 Å². The Balaban J connectivity index is 1.17. The molecule has 2 N–H and O–H groups in total. The number of hydrogen-bond acceptors (Lipinski definition) is 13. The van der Waals surface area contributed by atoms with Crippen LogP contribution >= 0.6 is 35.8 Å². The van der Waals surface area contributed by atoms with E-state index in [-0.39, 0.29) is 30.2 Å². The van der Waals surface area contributed by atoms with Crippen LogP contribution in [-0.4, -0.2) is 54.0 Å². The summed E-state index contributed by atoms with van der Waals surface area (Å²) in [6, 6.07) is 14.9. The van der Waals surface area contributed by atoms with Crippen LogP contribution in [0.1, 0.15) is 85.0 Å². The SMILES string of the molecule is C=CC(=O)OCCCOc1ccc(C(=O)Oc2ccc3cc(C4CCC(CCC)CC4)ccc3c2Cl)cc1/C=N/Nc1nc2c(s1)N=C/C(=N/S)C2=N. The van der Waals surface area contributed by atoms with Crippen LogP contribution in [-0.2, 0) is 9.53 Å². The van der Waals surface area contributed by atoms with Gasteiger partial charge in [0.05, 0.1) is 36.2 Å². The third-order valence-corrected chi connectivity index (χ3v) is 10.7. The van der Waals surface area contributed by atoms with Crippen LogP contribution in [0.2, 0.25) is 5.02 Å². The first-order valence-corrected chi connectivity index (χ1v) is 19.0. The number of thiazole rings is 1. The van der Waals surface area contributed by atoms with Gasteiger partial charge in [0.2, 0.25) is 5.13 Å². The lowest BCUT2D eigenvalue weighted by Gasteiger charge is -2.28. The number of carbonyl (C=O) groups excluding carboxylic acids is 2. The molecule has 11 nitrogen and oxygen atoms in total. The Morgan fingerprint density at radius 2 is 1.92 bits per heavy atom. The number of nitrogens with one attached hydrogen (secondary N) is 2. The molecule has 2 aliphatic rings. The van der Waals surface area contributed by atoms with Crippen LogP contribution in [0.25, 0.3) is 10.8 Å². The molecule has 274 valence electrons. The Hall–Kier alpha value is -4.85. The number of benzene rings is 3. The highest BCUT2D eigenvalue weighted by Gasteiger charge is 2.24. The summed E-state index contributed by atoms with van der Waals surface area (Å²) in [4.78, 5) is 33.6. The van der Waals surface area contributed by atoms with Crippen molar-refractivity contribution in [3.8, 4) is 11.5 Å². The summed E-state index contributed by atoms with van der Waals surface area (Å²) in [6.45, 7) is 6.03. The number of esters is 2. The highest BCUT2D eigenvalue weighted by Crippen LogP contribution is 2.40. The molecule has 6 rings (SSSR count). The van der Waals surface area contributed by atoms with Gasteiger partial charge >= 0.3 is 11.9 Å². The molecular weight excluding hydrogens is 732 g/mol. The van der Waals surface area contributed by atoms with E-state index in [0.29, 0.717) is 50.2 Å². The van der Waals surface area contributed by atoms with E-state index in [0.717, 1.165) is 22.8 Å². The maximum atomic E-state index is 13.5. The largest absolute Gasteiger partial charge is 0.493 e. The number of nitrogens with zero attached hydrogens (tertiary/aromatic N) is 4. The van der Waals surface area contributed by atoms with Crippen LogP contribution in [0.15, 0.2) is 75.7 Å². The minimum absolute atomic E-state index is 0.107. The molecule has 1 saturated carbocycles. The molecule has 1 fully saturated rings. The molecule has 1 aliphatic carbocycles. The van der Waals surface area contributed by atoms with E-state index in [1.165, 1.54) is 67.9 Å². The van der Waals surface area contributed by atoms with E-state index in [1.54, 1.807) is 24.3 Å². The van der Waals surface area contributed by atoms with Gasteiger partial charge in [0.15, 0.2) is 0 Å². The molecule has 1 aromatic heterocycles. The number of thiol groups is 1. The van der Waals surface area contributed by atoms with Crippen molar-refractivity contribution in [2.75, 3.05) is 18.6 Å². The number of rotatable bonds is 14. The van der Waals surface area contributed by atoms with Gasteiger partial charge in [0.1, 0.15) is 33.6 Å². The van der Waals surface area contributed by atoms with Gasteiger partial charge in [0, 0.05) is 23.4 Å². The van der Waals surface area contributed by atoms with Crippen LogP contribution < -0.4 is 14.9 Å². The van der Waals surface area contributed by atoms with Crippen LogP contribution in [0.5, 0.6) is 11.5 Å². The van der Waals surface area contributed by atoms with Gasteiger partial charge in [-0.3, -0.25) is 10.8 Å². The molecule has 53 heavy (non-hydrogen) atoms. The Morgan fingerprint density at radius 1 is 1.11 bits per heavy atom. The van der Waals surface area contributed by atoms with Crippen LogP contribution in [0.4, 0.5) is 10.1 Å². The van der Waals surface area contributed by atoms with E-state index >= 15 is 0 Å². The number of aliphatic imine (C=N–C) groups is 1. The fraction of sp³-hybridized carbons (Fsp3) is 0.308. The van der Waals surface area contributed by atoms with Crippen molar-refractivity contribution in [1.82, 2.24) is 4.98 Å². The Bertz CT molecular complexity index is 2120. The molecule has 1 aliphatic heterocycles. The average molecular weight is 771 g/mol. The molecule has 0 amide bonds. The molecule has 4 aromatic rings. The third kappa shape index (κ3) is 9.21. The lowest BCUT2D eigenvalue weighted by molar-refractivity contribution is -0.137. The fourth-order valence-corrected chi connectivity index (χ4v) is 7.70. The summed E-state index contributed by atoms with van der Waals surface area (Å²) in [5, 5.41) is 15.7. The van der Waals surface area contributed by atoms with Gasteiger partial charge < -0.3 is 14.2 Å². The predicted molar refractivity (Wildman–Crippen MR) is 216 cm³/mol. The summed E-state index contributed by atoms with van der Waals surface area (Å²) in [7, 11) is 0. The van der Waals surface area contributed by atoms with Crippen molar-refractivity contribution >= 4 is 92.4 Å². The molecule has 0 unspecified atom stereocenters. The van der Waals surface area contributed by atoms with E-state index in [1.807, 2.05) is 12.1 Å². The molecule has 0 spiro atoms. The zero-order chi connectivity index (χ0) is 37.3. The van der Waals surface area contributed by atoms with Gasteiger partial charge in [-0.1, -0.05) is 73.5 Å². The second-order valence-corrected chi connectivity index (χ2v) is 14.3. The van der Waals surface area contributed by atoms with Crippen LogP contribution in [0.3, 0.4) is 0 Å². The number of aromatic nitrogens is 1. The van der Waals surface area contributed by atoms with Gasteiger partial charge in [-0.2, -0.15) is 5.10 Å². The second kappa shape index (κ2) is 17.8. The number of halogens is 1. The summed E-state index contributed by atoms with van der Waals surface area (Å²) in [5.41, 5.74) is 5.68. The van der Waals surface area contributed by atoms with E-state index in [4.69, 9.17) is 31.2 Å². The van der Waals surface area contributed by atoms with Crippen molar-refractivity contribution in [2.45, 2.75) is 57.8 Å². The van der Waals surface area contributed by atoms with Crippen LogP contribution in [0, 0.1) is 11.3 Å². The topological polar surface area (TPSA) is 148 Å². The summed E-state index contributed by atoms with van der Waals surface area (Å²) < 4.78 is 20.6. The van der Waals surface area contributed by atoms with E-state index in [9.17, 15) is 9.59 Å². The highest BCUT2D eigenvalue weighted by atomic mass is 35.5. The Kier molecular flexibility index (Phi) is 12.7. The predicted octanol–water partition coefficient (Wildman–Crippen LogP) is 9.56. The number of fused-ring (bicyclic) bond motifs is 2. The molecule has 0 atom stereocenters. The average Bonchev–Trinajstić information content (AvgIpc) is 3.60. The summed E-state index contributed by atoms with van der Waals surface area (Å²) in [6.07, 6.45) is 12.0. The molecule has 3 aromatic carbocycles. The van der Waals surface area contributed by atoms with Crippen molar-refractivity contribution in [1.29, 1.82) is 5.41 Å². The number of hydrazone groups is 1. The number of anilines is 1. The number of carbonyl (C=O) groups is 2. The molecule has 0 saturated heterocycles. The molecule has 14 heteroatoms. The highest BCUT2D eigenvalue weighted by molar-refractivity contribution is 7.79. The third-order valence-electron chi connectivity index (χ3n) is 9.24. The Morgan fingerprint density at radius 3 is 2.70 bits per heavy atom. The van der Waals surface area contributed by atoms with Crippen molar-refractivity contribution in [3.63, 3.8) is 0 Å². The van der Waals surface area contributed by atoms with E-state index in [2.05, 4.69) is 63.4 Å². The maximum Gasteiger partial charge on any atom is 0.343 e. The first-order chi connectivity index (χ1) is 25.8. The molecular formula is C39H39ClN6O5S2. The standard InChI is InChI=1S/C39H39ClN6O5S2/c1-3-6-23-7-9-24(10-8-23)25-11-14-29-26(19-25)12-16-32(34(29)40)51-38(48)27-13-15-31(49-17-5-18-50-33(47)4-2)28(20-27)21-43-45-39-44-36-35(41)30(46-52)22-42-37(36)53-39/h4,11-16,19-24,41,52H,2-3,5-10,17-18H2,1H3,(H,44,45)/b41-35?,43-21+,46-30-. The van der Waals surface area contributed by atoms with E-state index < -0.39 is 11.9 Å². The first-order valence-electron chi connectivity index (χ1n) is 17.4. The smallest absolute Gasteiger partial charge is 0.343 e. The van der Waals surface area contributed by atoms with Crippen molar-refractivity contribution in [2.24, 2.45) is 20.4 Å². The molecule has 0 radical (unpaired) electrons. The second-order valence-electron chi connectivity index (χ2n) is 12.7. The molecule has 2 heterocycles. The fourth-order valence-electron chi connectivity index (χ4n) is 6.50. The molecule has 0 bridgehead atoms. The maximum absolute atomic E-state index is 13.5. The lowest BCUT2D eigenvalue weighted by Crippen LogP contribution is -2.18. The van der Waals surface area contributed by atoms with Gasteiger partial charge in [0.25, 0.3) is 0 Å². The zero-order valence-corrected chi connectivity index (χ0v) is 31.6. The first kappa shape index (κ1) is 37.9. The summed E-state index contributed by atoms with van der Waals surface area (Å²) in [5.74, 6) is 0.966. The Labute approximate surface area is 322 Å². The monoisotopic (exact) mass is 770 g/mol. The quantitative estimate of drug-likeness (QED) is 0.0220. The van der Waals surface area contributed by atoms with Crippen molar-refractivity contribution in [3.05, 3.63) is 88.6 Å². The normalized spacial score (nSPS) is 17.6. The minimum Gasteiger partial charge on any atom is -0.493 e. The van der Waals surface area contributed by atoms with Gasteiger partial charge in [-0.25, -0.2) is 24.0 Å². The lowest BCUT2D eigenvalue weighted by atomic mass is 9.77. The number of hydrogen-bond donors (Lipinski definition) is 3. The summed E-state index contributed by atoms with van der Waals surface area (Å²) >= 11 is 11.9. The number of ether oxygens (including phenoxy) is 3. The zero-order valence-electron chi connectivity index (χ0n) is 29.1. The van der Waals surface area contributed by atoms with Crippen molar-refractivity contribution < 1.29 is 23.8 Å².